The maximum atomic E-state index is 11.5. The average molecular weight is 299 g/mol. The van der Waals surface area contributed by atoms with Gasteiger partial charge in [0, 0.05) is 5.39 Å². The highest BCUT2D eigenvalue weighted by molar-refractivity contribution is 7.87. The van der Waals surface area contributed by atoms with Crippen molar-refractivity contribution >= 4 is 27.0 Å². The van der Waals surface area contributed by atoms with E-state index in [0.717, 1.165) is 9.69 Å². The Balaban J connectivity index is 2.40. The number of hydrogen-bond donors (Lipinski definition) is 2. The Bertz CT molecular complexity index is 692. The highest BCUT2D eigenvalue weighted by atomic mass is 32.2. The zero-order chi connectivity index (χ0) is 14.9. The number of fused-ring (bicyclic) bond motifs is 1. The molecule has 1 aromatic heterocycles. The van der Waals surface area contributed by atoms with E-state index in [-0.39, 0.29) is 18.2 Å². The van der Waals surface area contributed by atoms with Crippen LogP contribution in [0.5, 0.6) is 0 Å². The number of hydrogen-bond acceptors (Lipinski definition) is 4. The van der Waals surface area contributed by atoms with E-state index in [0.29, 0.717) is 5.58 Å². The van der Waals surface area contributed by atoms with Gasteiger partial charge in [-0.15, -0.1) is 0 Å². The largest absolute Gasteiger partial charge is 0.464 e. The van der Waals surface area contributed by atoms with Crippen molar-refractivity contribution in [3.05, 3.63) is 30.5 Å². The number of benzene rings is 1. The lowest BCUT2D eigenvalue weighted by Gasteiger charge is -2.25. The Hall–Kier alpha value is -1.57. The summed E-state index contributed by atoms with van der Waals surface area (Å²) in [7, 11) is -4.46. The van der Waals surface area contributed by atoms with Gasteiger partial charge in [-0.05, 0) is 30.2 Å². The molecule has 0 fully saturated rings. The van der Waals surface area contributed by atoms with E-state index in [4.69, 9.17) is 4.42 Å². The number of aliphatic hydroxyl groups excluding tert-OH is 1. The van der Waals surface area contributed by atoms with Crippen molar-refractivity contribution < 1.29 is 22.5 Å². The molecule has 2 rings (SSSR count). The van der Waals surface area contributed by atoms with Gasteiger partial charge in [-0.25, -0.2) is 4.31 Å². The van der Waals surface area contributed by atoms with E-state index in [1.54, 1.807) is 32.0 Å². The van der Waals surface area contributed by atoms with Gasteiger partial charge < -0.3 is 9.52 Å². The molecular formula is C13H17NO5S. The van der Waals surface area contributed by atoms with Gasteiger partial charge in [-0.1, -0.05) is 13.8 Å². The molecule has 1 heterocycles. The van der Waals surface area contributed by atoms with Crippen molar-refractivity contribution in [3.63, 3.8) is 0 Å². The lowest BCUT2D eigenvalue weighted by atomic mass is 10.1. The van der Waals surface area contributed by atoms with Crippen LogP contribution in [-0.2, 0) is 10.3 Å². The topological polar surface area (TPSA) is 91.0 Å². The fraction of sp³-hybridized carbons (Fsp3) is 0.385. The van der Waals surface area contributed by atoms with Crippen LogP contribution in [0.25, 0.3) is 11.0 Å². The third-order valence-corrected chi connectivity index (χ3v) is 4.04. The van der Waals surface area contributed by atoms with Crippen LogP contribution in [0.1, 0.15) is 13.8 Å². The normalized spacial score (nSPS) is 13.8. The van der Waals surface area contributed by atoms with Gasteiger partial charge >= 0.3 is 10.3 Å². The van der Waals surface area contributed by atoms with Crippen LogP contribution in [0.15, 0.2) is 34.9 Å². The molecule has 0 radical (unpaired) electrons. The van der Waals surface area contributed by atoms with Crippen molar-refractivity contribution in [3.8, 4) is 0 Å². The number of aliphatic hydroxyl groups is 1. The second-order valence-electron chi connectivity index (χ2n) is 4.96. The van der Waals surface area contributed by atoms with E-state index >= 15 is 0 Å². The summed E-state index contributed by atoms with van der Waals surface area (Å²) in [4.78, 5) is 0. The second-order valence-corrected chi connectivity index (χ2v) is 6.30. The summed E-state index contributed by atoms with van der Waals surface area (Å²) < 4.78 is 38.3. The molecule has 20 heavy (non-hydrogen) atoms. The SMILES string of the molecule is CC(C)C(O)CN(c1ccc2occc2c1)S(=O)(=O)O. The molecule has 1 aromatic carbocycles. The van der Waals surface area contributed by atoms with Crippen molar-refractivity contribution in [2.24, 2.45) is 5.92 Å². The molecule has 2 aromatic rings. The quantitative estimate of drug-likeness (QED) is 0.825. The predicted octanol–water partition coefficient (Wildman–Crippen LogP) is 2.06. The van der Waals surface area contributed by atoms with Crippen molar-refractivity contribution in [1.29, 1.82) is 0 Å². The second kappa shape index (κ2) is 5.43. The van der Waals surface area contributed by atoms with Crippen molar-refractivity contribution in [2.75, 3.05) is 10.8 Å². The third-order valence-electron chi connectivity index (χ3n) is 3.12. The Kier molecular flexibility index (Phi) is 4.03. The minimum absolute atomic E-state index is 0.128. The van der Waals surface area contributed by atoms with E-state index in [1.165, 1.54) is 12.3 Å². The fourth-order valence-electron chi connectivity index (χ4n) is 1.82. The Morgan fingerprint density at radius 3 is 2.60 bits per heavy atom. The molecule has 0 saturated carbocycles. The third kappa shape index (κ3) is 3.12. The maximum absolute atomic E-state index is 11.5. The monoisotopic (exact) mass is 299 g/mol. The van der Waals surface area contributed by atoms with Gasteiger partial charge in [0.05, 0.1) is 24.6 Å². The predicted molar refractivity (Wildman–Crippen MR) is 76.0 cm³/mol. The highest BCUT2D eigenvalue weighted by Crippen LogP contribution is 2.25. The molecule has 0 aliphatic heterocycles. The molecule has 110 valence electrons. The highest BCUT2D eigenvalue weighted by Gasteiger charge is 2.24. The number of rotatable bonds is 5. The van der Waals surface area contributed by atoms with Crippen LogP contribution in [0.2, 0.25) is 0 Å². The van der Waals surface area contributed by atoms with Gasteiger partial charge in [-0.3, -0.25) is 4.55 Å². The van der Waals surface area contributed by atoms with Gasteiger partial charge in [0.15, 0.2) is 0 Å². The van der Waals surface area contributed by atoms with E-state index in [9.17, 15) is 18.1 Å². The summed E-state index contributed by atoms with van der Waals surface area (Å²) in [6, 6.07) is 6.41. The first kappa shape index (κ1) is 14.8. The summed E-state index contributed by atoms with van der Waals surface area (Å²) in [6.45, 7) is 3.33. The molecule has 2 N–H and O–H groups in total. The molecule has 1 atom stereocenters. The Morgan fingerprint density at radius 2 is 2.00 bits per heavy atom. The van der Waals surface area contributed by atoms with Crippen LogP contribution in [0, 0.1) is 5.92 Å². The van der Waals surface area contributed by atoms with Gasteiger partial charge in [0.1, 0.15) is 5.58 Å². The van der Waals surface area contributed by atoms with E-state index in [1.807, 2.05) is 0 Å². The molecule has 0 aliphatic carbocycles. The van der Waals surface area contributed by atoms with Crippen LogP contribution in [0.4, 0.5) is 5.69 Å². The van der Waals surface area contributed by atoms with Crippen LogP contribution in [0.3, 0.4) is 0 Å². The number of nitrogens with zero attached hydrogens (tertiary/aromatic N) is 1. The van der Waals surface area contributed by atoms with E-state index < -0.39 is 16.4 Å². The standard InChI is InChI=1S/C13H17NO5S/c1-9(2)12(15)8-14(20(16,17)18)11-3-4-13-10(7-11)5-6-19-13/h3-7,9,12,15H,8H2,1-2H3,(H,16,17,18). The summed E-state index contributed by atoms with van der Waals surface area (Å²) in [5, 5.41) is 10.6. The fourth-order valence-corrected chi connectivity index (χ4v) is 2.54. The first-order valence-electron chi connectivity index (χ1n) is 6.19. The van der Waals surface area contributed by atoms with Gasteiger partial charge in [0.2, 0.25) is 0 Å². The first-order valence-corrected chi connectivity index (χ1v) is 7.59. The lowest BCUT2D eigenvalue weighted by Crippen LogP contribution is -2.39. The molecule has 0 spiro atoms. The molecule has 7 heteroatoms. The van der Waals surface area contributed by atoms with E-state index in [2.05, 4.69) is 0 Å². The smallest absolute Gasteiger partial charge is 0.360 e. The molecule has 0 amide bonds. The lowest BCUT2D eigenvalue weighted by molar-refractivity contribution is 0.134. The molecule has 0 bridgehead atoms. The number of furan rings is 1. The Morgan fingerprint density at radius 1 is 1.30 bits per heavy atom. The number of anilines is 1. The van der Waals surface area contributed by atoms with Crippen LogP contribution < -0.4 is 4.31 Å². The molecular weight excluding hydrogens is 282 g/mol. The average Bonchev–Trinajstić information content (AvgIpc) is 2.80. The zero-order valence-corrected chi connectivity index (χ0v) is 12.0. The summed E-state index contributed by atoms with van der Waals surface area (Å²) in [5.74, 6) is -0.128. The van der Waals surface area contributed by atoms with Crippen LogP contribution >= 0.6 is 0 Å². The Labute approximate surface area is 117 Å². The van der Waals surface area contributed by atoms with Crippen molar-refractivity contribution in [1.82, 2.24) is 0 Å². The minimum atomic E-state index is -4.46. The molecule has 0 aliphatic rings. The molecule has 0 saturated heterocycles. The maximum Gasteiger partial charge on any atom is 0.360 e. The summed E-state index contributed by atoms with van der Waals surface area (Å²) in [5.41, 5.74) is 0.898. The first-order chi connectivity index (χ1) is 9.29. The zero-order valence-electron chi connectivity index (χ0n) is 11.2. The molecule has 6 nitrogen and oxygen atoms in total. The van der Waals surface area contributed by atoms with Gasteiger partial charge in [-0.2, -0.15) is 8.42 Å². The van der Waals surface area contributed by atoms with Crippen molar-refractivity contribution in [2.45, 2.75) is 20.0 Å². The summed E-state index contributed by atoms with van der Waals surface area (Å²) >= 11 is 0. The van der Waals surface area contributed by atoms with Crippen LogP contribution in [-0.4, -0.2) is 30.7 Å². The summed E-state index contributed by atoms with van der Waals surface area (Å²) in [6.07, 6.45) is 0.617. The van der Waals surface area contributed by atoms with Gasteiger partial charge in [0.25, 0.3) is 0 Å². The minimum Gasteiger partial charge on any atom is -0.464 e. The molecule has 1 unspecified atom stereocenters.